The number of aliphatic hydroxyl groups is 2. The Labute approximate surface area is 275 Å². The Balaban J connectivity index is 1.95. The monoisotopic (exact) mass is 686 g/mol. The van der Waals surface area contributed by atoms with Crippen molar-refractivity contribution in [1.29, 1.82) is 0 Å². The zero-order chi connectivity index (χ0) is 35.3. The van der Waals surface area contributed by atoms with Crippen LogP contribution in [0.25, 0.3) is 11.2 Å². The van der Waals surface area contributed by atoms with Crippen molar-refractivity contribution in [2.45, 2.75) is 97.4 Å². The molecule has 47 heavy (non-hydrogen) atoms. The molecule has 0 amide bonds. The Bertz CT molecular complexity index is 1380. The van der Waals surface area contributed by atoms with Crippen LogP contribution in [0.5, 0.6) is 0 Å². The number of esters is 2. The molecule has 3 heterocycles. The van der Waals surface area contributed by atoms with Crippen molar-refractivity contribution in [3.8, 4) is 0 Å². The number of hydrogen-bond acceptors (Lipinski definition) is 14. The number of nitrogens with two attached hydrogens (primary N) is 1. The van der Waals surface area contributed by atoms with Gasteiger partial charge in [0.1, 0.15) is 29.9 Å². The van der Waals surface area contributed by atoms with Gasteiger partial charge in [-0.2, -0.15) is 9.97 Å². The van der Waals surface area contributed by atoms with E-state index in [1.54, 1.807) is 32.8 Å². The van der Waals surface area contributed by atoms with Crippen LogP contribution in [0.4, 0.5) is 11.8 Å². The average Bonchev–Trinajstić information content (AvgIpc) is 3.47. The predicted octanol–water partition coefficient (Wildman–Crippen LogP) is 1.74. The molecule has 0 bridgehead atoms. The number of hydrogen-bond donors (Lipinski definition) is 5. The standard InChI is InChI=1S/C29H51N8O9P/c1-10-43-25(39)18(12-16(3)4)34-47(42,35-19(13-17(5)6)26(40)44-11-2)45-14-20-22(38)29(7,41)27(46-20)37-15-31-21-23(36(8)9)32-28(30)33-24(21)37/h15-20,22,27,38,41H,10-14H2,1-9H3,(H2,30,32,33)(H2,34,35,42)/t18-,19-,20+,22?,27?,29?/m0/s1. The number of carbonyl (C=O) groups excluding carboxylic acids is 2. The van der Waals surface area contributed by atoms with Crippen LogP contribution in [-0.2, 0) is 32.9 Å². The molecule has 6 atom stereocenters. The summed E-state index contributed by atoms with van der Waals surface area (Å²) >= 11 is 0. The van der Waals surface area contributed by atoms with Crippen LogP contribution in [0.15, 0.2) is 6.33 Å². The minimum atomic E-state index is -4.30. The normalized spacial score (nSPS) is 23.0. The topological polar surface area (TPSA) is 226 Å². The highest BCUT2D eigenvalue weighted by Gasteiger charge is 2.54. The van der Waals surface area contributed by atoms with E-state index in [2.05, 4.69) is 25.1 Å². The number of anilines is 2. The van der Waals surface area contributed by atoms with E-state index in [1.165, 1.54) is 17.8 Å². The van der Waals surface area contributed by atoms with Gasteiger partial charge in [0.05, 0.1) is 26.1 Å². The first-order chi connectivity index (χ1) is 21.9. The Morgan fingerprint density at radius 3 is 2.09 bits per heavy atom. The molecule has 3 unspecified atom stereocenters. The van der Waals surface area contributed by atoms with Gasteiger partial charge in [0, 0.05) is 14.1 Å². The van der Waals surface area contributed by atoms with Gasteiger partial charge in [0.25, 0.3) is 0 Å². The summed E-state index contributed by atoms with van der Waals surface area (Å²) in [5, 5.41) is 28.3. The van der Waals surface area contributed by atoms with Gasteiger partial charge in [-0.05, 0) is 45.4 Å². The van der Waals surface area contributed by atoms with Crippen LogP contribution >= 0.6 is 7.67 Å². The molecule has 266 valence electrons. The molecule has 1 aliphatic heterocycles. The Kier molecular flexibility index (Phi) is 13.1. The van der Waals surface area contributed by atoms with Gasteiger partial charge in [-0.1, -0.05) is 27.7 Å². The van der Waals surface area contributed by atoms with E-state index in [0.717, 1.165) is 0 Å². The van der Waals surface area contributed by atoms with Gasteiger partial charge in [0.15, 0.2) is 23.2 Å². The number of aromatic nitrogens is 4. The number of fused-ring (bicyclic) bond motifs is 1. The second kappa shape index (κ2) is 16.0. The molecule has 0 aromatic carbocycles. The van der Waals surface area contributed by atoms with Gasteiger partial charge in [-0.15, -0.1) is 0 Å². The van der Waals surface area contributed by atoms with E-state index >= 15 is 0 Å². The maximum absolute atomic E-state index is 14.6. The van der Waals surface area contributed by atoms with Gasteiger partial charge in [-0.25, -0.2) is 15.2 Å². The average molecular weight is 687 g/mol. The van der Waals surface area contributed by atoms with E-state index in [4.69, 9.17) is 24.5 Å². The molecule has 0 radical (unpaired) electrons. The molecule has 0 spiro atoms. The van der Waals surface area contributed by atoms with Gasteiger partial charge in [0.2, 0.25) is 5.95 Å². The van der Waals surface area contributed by atoms with Gasteiger partial charge < -0.3 is 39.6 Å². The van der Waals surface area contributed by atoms with Crippen LogP contribution in [0.1, 0.15) is 67.5 Å². The highest BCUT2D eigenvalue weighted by atomic mass is 31.2. The SMILES string of the molecule is CCOC(=O)[C@H](CC(C)C)NP(=O)(N[C@@H](CC(C)C)C(=O)OCC)OC[C@H]1OC(n2cnc3c(N(C)C)nc(N)nc32)C(C)(O)C1O. The van der Waals surface area contributed by atoms with Crippen molar-refractivity contribution < 1.29 is 43.1 Å². The fourth-order valence-electron chi connectivity index (χ4n) is 5.31. The number of nitrogens with zero attached hydrogens (tertiary/aromatic N) is 5. The fraction of sp³-hybridized carbons (Fsp3) is 0.759. The molecule has 6 N–H and O–H groups in total. The minimum Gasteiger partial charge on any atom is -0.465 e. The van der Waals surface area contributed by atoms with Crippen LogP contribution in [-0.4, -0.2) is 105 Å². The largest absolute Gasteiger partial charge is 0.465 e. The first-order valence-corrected chi connectivity index (χ1v) is 17.4. The summed E-state index contributed by atoms with van der Waals surface area (Å²) in [4.78, 5) is 40.4. The van der Waals surface area contributed by atoms with Crippen LogP contribution in [0, 0.1) is 11.8 Å². The lowest BCUT2D eigenvalue weighted by Gasteiger charge is -2.30. The number of ether oxygens (including phenoxy) is 3. The molecule has 0 aliphatic carbocycles. The highest BCUT2D eigenvalue weighted by molar-refractivity contribution is 7.54. The Morgan fingerprint density at radius 2 is 1.62 bits per heavy atom. The van der Waals surface area contributed by atoms with Crippen molar-refractivity contribution in [3.63, 3.8) is 0 Å². The molecule has 17 nitrogen and oxygen atoms in total. The van der Waals surface area contributed by atoms with Gasteiger partial charge >= 0.3 is 19.6 Å². The second-order valence-corrected chi connectivity index (χ2v) is 14.7. The summed E-state index contributed by atoms with van der Waals surface area (Å²) in [6, 6.07) is -2.12. The maximum Gasteiger partial charge on any atom is 0.342 e. The fourth-order valence-corrected chi connectivity index (χ4v) is 7.13. The van der Waals surface area contributed by atoms with Crippen molar-refractivity contribution in [2.75, 3.05) is 44.5 Å². The minimum absolute atomic E-state index is 0.00595. The quantitative estimate of drug-likeness (QED) is 0.118. The number of aliphatic hydroxyl groups excluding tert-OH is 1. The summed E-state index contributed by atoms with van der Waals surface area (Å²) in [7, 11) is -0.769. The number of carbonyl (C=O) groups is 2. The molecular weight excluding hydrogens is 635 g/mol. The Hall–Kier alpha value is -2.92. The molecular formula is C29H51N8O9P. The summed E-state index contributed by atoms with van der Waals surface area (Å²) < 4.78 is 38.5. The summed E-state index contributed by atoms with van der Waals surface area (Å²) in [5.74, 6) is -0.892. The zero-order valence-corrected chi connectivity index (χ0v) is 29.6. The maximum atomic E-state index is 14.6. The van der Waals surface area contributed by atoms with E-state index < -0.39 is 62.3 Å². The van der Waals surface area contributed by atoms with Crippen LogP contribution < -0.4 is 20.8 Å². The summed E-state index contributed by atoms with van der Waals surface area (Å²) in [6.07, 6.45) is -2.11. The molecule has 1 saturated heterocycles. The second-order valence-electron chi connectivity index (χ2n) is 12.8. The van der Waals surface area contributed by atoms with E-state index in [1.807, 2.05) is 27.7 Å². The highest BCUT2D eigenvalue weighted by Crippen LogP contribution is 2.45. The van der Waals surface area contributed by atoms with Crippen molar-refractivity contribution in [1.82, 2.24) is 29.7 Å². The van der Waals surface area contributed by atoms with Crippen molar-refractivity contribution in [3.05, 3.63) is 6.33 Å². The Morgan fingerprint density at radius 1 is 1.09 bits per heavy atom. The van der Waals surface area contributed by atoms with Crippen LogP contribution in [0.2, 0.25) is 0 Å². The molecule has 3 rings (SSSR count). The molecule has 1 aliphatic rings. The number of imidazole rings is 1. The lowest BCUT2D eigenvalue weighted by Crippen LogP contribution is -2.47. The lowest BCUT2D eigenvalue weighted by molar-refractivity contribution is -0.146. The molecule has 0 saturated carbocycles. The van der Waals surface area contributed by atoms with Gasteiger partial charge in [-0.3, -0.25) is 18.7 Å². The van der Waals surface area contributed by atoms with E-state index in [9.17, 15) is 24.4 Å². The third-order valence-corrected chi connectivity index (χ3v) is 9.30. The number of nitrogen functional groups attached to an aromatic ring is 1. The van der Waals surface area contributed by atoms with E-state index in [-0.39, 0.29) is 49.5 Å². The van der Waals surface area contributed by atoms with E-state index in [0.29, 0.717) is 11.3 Å². The summed E-state index contributed by atoms with van der Waals surface area (Å²) in [5.41, 5.74) is 4.70. The number of rotatable bonds is 17. The lowest BCUT2D eigenvalue weighted by atomic mass is 9.96. The first-order valence-electron chi connectivity index (χ1n) is 15.8. The van der Waals surface area contributed by atoms with Crippen molar-refractivity contribution >= 4 is 42.5 Å². The zero-order valence-electron chi connectivity index (χ0n) is 28.7. The summed E-state index contributed by atoms with van der Waals surface area (Å²) in [6.45, 7) is 11.9. The smallest absolute Gasteiger partial charge is 0.342 e. The predicted molar refractivity (Wildman–Crippen MR) is 174 cm³/mol. The first kappa shape index (κ1) is 38.5. The van der Waals surface area contributed by atoms with Crippen molar-refractivity contribution in [2.24, 2.45) is 11.8 Å². The number of nitrogens with one attached hydrogen (secondary N) is 2. The molecule has 2 aromatic heterocycles. The molecule has 18 heteroatoms. The van der Waals surface area contributed by atoms with Crippen LogP contribution in [0.3, 0.4) is 0 Å². The third kappa shape index (κ3) is 9.37. The molecule has 1 fully saturated rings. The third-order valence-electron chi connectivity index (χ3n) is 7.48. The molecule has 2 aromatic rings.